The van der Waals surface area contributed by atoms with E-state index in [2.05, 4.69) is 15.6 Å². The van der Waals surface area contributed by atoms with Crippen LogP contribution >= 0.6 is 11.3 Å². The van der Waals surface area contributed by atoms with Crippen LogP contribution in [0.15, 0.2) is 42.5 Å². The van der Waals surface area contributed by atoms with Crippen molar-refractivity contribution in [2.24, 2.45) is 0 Å². The average molecular weight is 411 g/mol. The van der Waals surface area contributed by atoms with Crippen LogP contribution < -0.4 is 15.5 Å². The van der Waals surface area contributed by atoms with Gasteiger partial charge in [-0.25, -0.2) is 4.98 Å². The third-order valence-electron chi connectivity index (χ3n) is 4.48. The summed E-state index contributed by atoms with van der Waals surface area (Å²) in [5.74, 6) is -0.0493. The highest BCUT2D eigenvalue weighted by Gasteiger charge is 2.10. The fourth-order valence-electron chi connectivity index (χ4n) is 2.90. The number of thiazole rings is 1. The summed E-state index contributed by atoms with van der Waals surface area (Å²) in [4.78, 5) is 30.5. The van der Waals surface area contributed by atoms with E-state index in [4.69, 9.17) is 0 Å². The Morgan fingerprint density at radius 1 is 1.03 bits per heavy atom. The third-order valence-corrected chi connectivity index (χ3v) is 5.42. The summed E-state index contributed by atoms with van der Waals surface area (Å²) in [7, 11) is 4.00. The lowest BCUT2D eigenvalue weighted by molar-refractivity contribution is -0.120. The second kappa shape index (κ2) is 9.52. The number of benzene rings is 2. The van der Waals surface area contributed by atoms with Gasteiger partial charge in [-0.1, -0.05) is 36.5 Å². The molecule has 2 aromatic carbocycles. The molecule has 0 aliphatic heterocycles. The minimum atomic E-state index is -0.0259. The van der Waals surface area contributed by atoms with Crippen molar-refractivity contribution in [1.29, 1.82) is 0 Å². The summed E-state index contributed by atoms with van der Waals surface area (Å²) in [6.45, 7) is 2.47. The van der Waals surface area contributed by atoms with Gasteiger partial charge in [-0.3, -0.25) is 9.59 Å². The van der Waals surface area contributed by atoms with E-state index >= 15 is 0 Å². The van der Waals surface area contributed by atoms with Crippen LogP contribution in [0.25, 0.3) is 10.2 Å². The van der Waals surface area contributed by atoms with Gasteiger partial charge in [0.25, 0.3) is 0 Å². The summed E-state index contributed by atoms with van der Waals surface area (Å²) in [5, 5.41) is 6.39. The maximum Gasteiger partial charge on any atom is 0.226 e. The van der Waals surface area contributed by atoms with Crippen molar-refractivity contribution in [2.45, 2.75) is 32.7 Å². The summed E-state index contributed by atoms with van der Waals surface area (Å²) in [6.07, 6.45) is 1.59. The molecule has 1 heterocycles. The maximum absolute atomic E-state index is 12.3. The van der Waals surface area contributed by atoms with Crippen molar-refractivity contribution < 1.29 is 9.59 Å². The van der Waals surface area contributed by atoms with Crippen LogP contribution in [0.3, 0.4) is 0 Å². The van der Waals surface area contributed by atoms with Crippen LogP contribution in [0, 0.1) is 0 Å². The number of rotatable bonds is 8. The van der Waals surface area contributed by atoms with E-state index in [1.807, 2.05) is 68.4 Å². The predicted octanol–water partition coefficient (Wildman–Crippen LogP) is 3.96. The van der Waals surface area contributed by atoms with Crippen molar-refractivity contribution in [3.05, 3.63) is 53.6 Å². The van der Waals surface area contributed by atoms with Gasteiger partial charge in [0.2, 0.25) is 11.8 Å². The molecule has 7 heteroatoms. The van der Waals surface area contributed by atoms with E-state index in [1.165, 1.54) is 11.3 Å². The molecule has 3 rings (SSSR count). The van der Waals surface area contributed by atoms with Gasteiger partial charge in [0.1, 0.15) is 0 Å². The monoisotopic (exact) mass is 410 g/mol. The quantitative estimate of drug-likeness (QED) is 0.589. The Kier molecular flexibility index (Phi) is 6.82. The number of nitrogens with zero attached hydrogens (tertiary/aromatic N) is 2. The highest BCUT2D eigenvalue weighted by Crippen LogP contribution is 2.27. The van der Waals surface area contributed by atoms with Crippen LogP contribution in [0.4, 0.5) is 10.8 Å². The van der Waals surface area contributed by atoms with Crippen LogP contribution in [0.5, 0.6) is 0 Å². The molecule has 0 aliphatic carbocycles. The predicted molar refractivity (Wildman–Crippen MR) is 119 cm³/mol. The van der Waals surface area contributed by atoms with E-state index < -0.39 is 0 Å². The molecule has 2 amide bonds. The van der Waals surface area contributed by atoms with Crippen LogP contribution in [-0.2, 0) is 22.6 Å². The van der Waals surface area contributed by atoms with E-state index in [0.717, 1.165) is 33.5 Å². The lowest BCUT2D eigenvalue weighted by Crippen LogP contribution is -2.24. The van der Waals surface area contributed by atoms with Crippen LogP contribution in [0.1, 0.15) is 30.9 Å². The highest BCUT2D eigenvalue weighted by atomic mass is 32.1. The summed E-state index contributed by atoms with van der Waals surface area (Å²) < 4.78 is 0.960. The Labute approximate surface area is 174 Å². The molecular weight excluding hydrogens is 384 g/mol. The minimum absolute atomic E-state index is 0.0234. The summed E-state index contributed by atoms with van der Waals surface area (Å²) in [5.41, 5.74) is 3.94. The van der Waals surface area contributed by atoms with Crippen molar-refractivity contribution in [1.82, 2.24) is 10.3 Å². The molecule has 3 aromatic rings. The lowest BCUT2D eigenvalue weighted by atomic mass is 10.1. The number of fused-ring (bicyclic) bond motifs is 1. The number of nitrogens with one attached hydrogen (secondary N) is 2. The number of amides is 2. The number of aromatic nitrogens is 1. The van der Waals surface area contributed by atoms with Gasteiger partial charge in [0.05, 0.1) is 16.6 Å². The van der Waals surface area contributed by atoms with E-state index in [1.54, 1.807) is 0 Å². The van der Waals surface area contributed by atoms with Crippen LogP contribution in [0.2, 0.25) is 0 Å². The summed E-state index contributed by atoms with van der Waals surface area (Å²) >= 11 is 1.43. The second-order valence-electron chi connectivity index (χ2n) is 7.13. The molecule has 6 nitrogen and oxygen atoms in total. The largest absolute Gasteiger partial charge is 0.378 e. The Hall–Kier alpha value is -2.93. The first-order chi connectivity index (χ1) is 13.9. The topological polar surface area (TPSA) is 74.3 Å². The number of hydrogen-bond donors (Lipinski definition) is 2. The van der Waals surface area contributed by atoms with E-state index in [0.29, 0.717) is 24.5 Å². The molecule has 0 spiro atoms. The highest BCUT2D eigenvalue weighted by molar-refractivity contribution is 7.22. The van der Waals surface area contributed by atoms with Gasteiger partial charge in [-0.15, -0.1) is 0 Å². The van der Waals surface area contributed by atoms with E-state index in [-0.39, 0.29) is 11.8 Å². The molecule has 0 aliphatic rings. The van der Waals surface area contributed by atoms with Gasteiger partial charge in [-0.05, 0) is 41.8 Å². The molecule has 0 fully saturated rings. The smallest absolute Gasteiger partial charge is 0.226 e. The minimum Gasteiger partial charge on any atom is -0.378 e. The number of hydrogen-bond acceptors (Lipinski definition) is 5. The van der Waals surface area contributed by atoms with Crippen molar-refractivity contribution in [3.8, 4) is 0 Å². The SMILES string of the molecule is CCCC(=O)Nc1nc2ccc(CC(=O)NCc3ccc(N(C)C)cc3)cc2s1. The molecule has 1 aromatic heterocycles. The lowest BCUT2D eigenvalue weighted by Gasteiger charge is -2.13. The third kappa shape index (κ3) is 5.77. The molecular formula is C22H26N4O2S. The Morgan fingerprint density at radius 3 is 2.45 bits per heavy atom. The average Bonchev–Trinajstić information content (AvgIpc) is 3.08. The van der Waals surface area contributed by atoms with Gasteiger partial charge >= 0.3 is 0 Å². The van der Waals surface area contributed by atoms with Gasteiger partial charge in [-0.2, -0.15) is 0 Å². The van der Waals surface area contributed by atoms with Gasteiger partial charge in [0.15, 0.2) is 5.13 Å². The first-order valence-electron chi connectivity index (χ1n) is 9.67. The van der Waals surface area contributed by atoms with Gasteiger partial charge < -0.3 is 15.5 Å². The Bertz CT molecular complexity index is 996. The first-order valence-corrected chi connectivity index (χ1v) is 10.5. The van der Waals surface area contributed by atoms with Crippen molar-refractivity contribution >= 4 is 44.2 Å². The molecule has 29 heavy (non-hydrogen) atoms. The zero-order valence-corrected chi connectivity index (χ0v) is 17.8. The maximum atomic E-state index is 12.3. The first kappa shape index (κ1) is 20.8. The zero-order chi connectivity index (χ0) is 20.8. The zero-order valence-electron chi connectivity index (χ0n) is 17.0. The van der Waals surface area contributed by atoms with Crippen LogP contribution in [-0.4, -0.2) is 30.9 Å². The Morgan fingerprint density at radius 2 is 1.76 bits per heavy atom. The molecule has 0 saturated heterocycles. The second-order valence-corrected chi connectivity index (χ2v) is 8.16. The molecule has 2 N–H and O–H groups in total. The number of anilines is 2. The van der Waals surface area contributed by atoms with Gasteiger partial charge in [0, 0.05) is 32.7 Å². The van der Waals surface area contributed by atoms with E-state index in [9.17, 15) is 9.59 Å². The normalized spacial score (nSPS) is 10.7. The fraction of sp³-hybridized carbons (Fsp3) is 0.318. The molecule has 0 bridgehead atoms. The number of carbonyl (C=O) groups excluding carboxylic acids is 2. The fourth-order valence-corrected chi connectivity index (χ4v) is 3.85. The van der Waals surface area contributed by atoms with Crippen molar-refractivity contribution in [3.63, 3.8) is 0 Å². The van der Waals surface area contributed by atoms with Crippen molar-refractivity contribution in [2.75, 3.05) is 24.3 Å². The Balaban J connectivity index is 1.57. The molecule has 0 saturated carbocycles. The molecule has 152 valence electrons. The standard InChI is InChI=1S/C22H26N4O2S/c1-4-5-20(27)25-22-24-18-11-8-16(12-19(18)29-22)13-21(28)23-14-15-6-9-17(10-7-15)26(2)3/h6-12H,4-5,13-14H2,1-3H3,(H,23,28)(H,24,25,27). The number of carbonyl (C=O) groups is 2. The molecule has 0 radical (unpaired) electrons. The molecule has 0 atom stereocenters. The summed E-state index contributed by atoms with van der Waals surface area (Å²) in [6, 6.07) is 13.9. The molecule has 0 unspecified atom stereocenters.